The molecule has 31 heavy (non-hydrogen) atoms. The Bertz CT molecular complexity index is 1100. The molecule has 0 fully saturated rings. The molecule has 0 spiro atoms. The third-order valence-corrected chi connectivity index (χ3v) is 5.18. The van der Waals surface area contributed by atoms with Crippen LogP contribution in [0.3, 0.4) is 0 Å². The van der Waals surface area contributed by atoms with Crippen molar-refractivity contribution in [2.45, 2.75) is 13.3 Å². The fourth-order valence-electron chi connectivity index (χ4n) is 3.42. The third-order valence-electron chi connectivity index (χ3n) is 5.18. The van der Waals surface area contributed by atoms with Gasteiger partial charge in [-0.1, -0.05) is 6.92 Å². The molecule has 1 amide bonds. The molecule has 1 aliphatic rings. The number of carbonyl (C=O) groups excluding carboxylic acids is 1. The van der Waals surface area contributed by atoms with Crippen LogP contribution in [0.2, 0.25) is 0 Å². The van der Waals surface area contributed by atoms with Gasteiger partial charge in [0.1, 0.15) is 23.1 Å². The minimum atomic E-state index is -0.738. The molecular weight excluding hydrogens is 406 g/mol. The zero-order valence-corrected chi connectivity index (χ0v) is 17.2. The van der Waals surface area contributed by atoms with Gasteiger partial charge in [-0.3, -0.25) is 9.36 Å². The zero-order valence-electron chi connectivity index (χ0n) is 17.2. The number of nitrogens with one attached hydrogen (secondary N) is 1. The summed E-state index contributed by atoms with van der Waals surface area (Å²) < 4.78 is 34.8. The molecule has 3 heterocycles. The van der Waals surface area contributed by atoms with Gasteiger partial charge in [-0.05, 0) is 18.6 Å². The van der Waals surface area contributed by atoms with Crippen molar-refractivity contribution in [1.29, 1.82) is 0 Å². The first kappa shape index (κ1) is 20.9. The van der Waals surface area contributed by atoms with E-state index in [1.54, 1.807) is 19.4 Å². The first-order valence-corrected chi connectivity index (χ1v) is 9.95. The summed E-state index contributed by atoms with van der Waals surface area (Å²) in [5.41, 5.74) is 0.651. The smallest absolute Gasteiger partial charge is 0.237 e. The van der Waals surface area contributed by atoms with Crippen LogP contribution in [0, 0.1) is 17.6 Å². The predicted molar refractivity (Wildman–Crippen MR) is 111 cm³/mol. The molecule has 162 valence electrons. The lowest BCUT2D eigenvalue weighted by Crippen LogP contribution is -2.37. The van der Waals surface area contributed by atoms with Crippen LogP contribution in [-0.2, 0) is 9.53 Å². The van der Waals surface area contributed by atoms with Crippen molar-refractivity contribution in [1.82, 2.24) is 19.5 Å². The number of anilines is 2. The maximum Gasteiger partial charge on any atom is 0.237 e. The summed E-state index contributed by atoms with van der Waals surface area (Å²) in [5, 5.41) is 3.17. The summed E-state index contributed by atoms with van der Waals surface area (Å²) >= 11 is 0. The quantitative estimate of drug-likeness (QED) is 0.690. The van der Waals surface area contributed by atoms with Gasteiger partial charge in [0.2, 0.25) is 11.9 Å². The molecule has 2 aromatic heterocycles. The molecule has 0 bridgehead atoms. The average molecular weight is 428 g/mol. The standard InChI is InChI=1S/C21H22F2N6O2/c1-3-13-12-31-9-7-24-18-17(28(2)20(13)30)11-26-21(27-18)29-8-6-25-19(29)15-5-4-14(22)10-16(15)23/h4-6,8,10-11,13H,3,7,9,12H2,1-2H3,(H,24,26,27)/t13-/m0/s1. The number of rotatable bonds is 3. The van der Waals surface area contributed by atoms with E-state index in [9.17, 15) is 13.6 Å². The maximum atomic E-state index is 14.3. The number of hydrogen-bond acceptors (Lipinski definition) is 6. The molecular formula is C21H22F2N6O2. The van der Waals surface area contributed by atoms with E-state index < -0.39 is 11.6 Å². The summed E-state index contributed by atoms with van der Waals surface area (Å²) in [4.78, 5) is 27.5. The molecule has 1 N–H and O–H groups in total. The lowest BCUT2D eigenvalue weighted by atomic mass is 10.1. The minimum absolute atomic E-state index is 0.0829. The summed E-state index contributed by atoms with van der Waals surface area (Å²) in [6.07, 6.45) is 5.27. The maximum absolute atomic E-state index is 14.3. The molecule has 0 radical (unpaired) electrons. The van der Waals surface area contributed by atoms with Crippen molar-refractivity contribution in [3.63, 3.8) is 0 Å². The molecule has 0 unspecified atom stereocenters. The van der Waals surface area contributed by atoms with Crippen molar-refractivity contribution in [3.05, 3.63) is 48.4 Å². The first-order chi connectivity index (χ1) is 15.0. The molecule has 0 saturated carbocycles. The number of halogens is 2. The summed E-state index contributed by atoms with van der Waals surface area (Å²) in [7, 11) is 1.67. The van der Waals surface area contributed by atoms with Crippen LogP contribution in [-0.4, -0.2) is 52.2 Å². The van der Waals surface area contributed by atoms with E-state index in [2.05, 4.69) is 20.3 Å². The lowest BCUT2D eigenvalue weighted by Gasteiger charge is -2.26. The van der Waals surface area contributed by atoms with Gasteiger partial charge < -0.3 is 15.0 Å². The number of carbonyl (C=O) groups is 1. The second-order valence-corrected chi connectivity index (χ2v) is 7.15. The van der Waals surface area contributed by atoms with Gasteiger partial charge in [-0.2, -0.15) is 4.98 Å². The molecule has 10 heteroatoms. The van der Waals surface area contributed by atoms with Gasteiger partial charge in [0, 0.05) is 32.1 Å². The minimum Gasteiger partial charge on any atom is -0.379 e. The van der Waals surface area contributed by atoms with Crippen molar-refractivity contribution in [2.24, 2.45) is 5.92 Å². The van der Waals surface area contributed by atoms with Crippen LogP contribution < -0.4 is 10.2 Å². The molecule has 1 aliphatic heterocycles. The Hall–Kier alpha value is -3.40. The van der Waals surface area contributed by atoms with E-state index >= 15 is 0 Å². The molecule has 8 nitrogen and oxygen atoms in total. The van der Waals surface area contributed by atoms with Crippen LogP contribution in [0.25, 0.3) is 17.3 Å². The fraction of sp³-hybridized carbons (Fsp3) is 0.333. The SMILES string of the molecule is CC[C@H]1COCCNc2nc(-n3ccnc3-c3ccc(F)cc3F)ncc2N(C)C1=O. The highest BCUT2D eigenvalue weighted by atomic mass is 19.1. The molecule has 0 aliphatic carbocycles. The Morgan fingerprint density at radius 2 is 2.13 bits per heavy atom. The number of ether oxygens (including phenoxy) is 1. The van der Waals surface area contributed by atoms with Crippen molar-refractivity contribution >= 4 is 17.4 Å². The number of benzene rings is 1. The molecule has 0 saturated heterocycles. The van der Waals surface area contributed by atoms with Gasteiger partial charge in [-0.25, -0.2) is 18.7 Å². The van der Waals surface area contributed by atoms with E-state index in [0.717, 1.165) is 12.1 Å². The number of fused-ring (bicyclic) bond motifs is 1. The van der Waals surface area contributed by atoms with Gasteiger partial charge in [0.25, 0.3) is 0 Å². The Morgan fingerprint density at radius 3 is 2.90 bits per heavy atom. The normalized spacial score (nSPS) is 17.2. The molecule has 1 atom stereocenters. The topological polar surface area (TPSA) is 85.2 Å². The van der Waals surface area contributed by atoms with Gasteiger partial charge in [-0.15, -0.1) is 0 Å². The Labute approximate surface area is 177 Å². The second-order valence-electron chi connectivity index (χ2n) is 7.15. The highest BCUT2D eigenvalue weighted by Gasteiger charge is 2.26. The predicted octanol–water partition coefficient (Wildman–Crippen LogP) is 3.04. The van der Waals surface area contributed by atoms with Crippen molar-refractivity contribution in [3.8, 4) is 17.3 Å². The van der Waals surface area contributed by atoms with Crippen LogP contribution in [0.5, 0.6) is 0 Å². The van der Waals surface area contributed by atoms with E-state index in [1.807, 2.05) is 6.92 Å². The number of aromatic nitrogens is 4. The third kappa shape index (κ3) is 4.11. The number of nitrogens with zero attached hydrogens (tertiary/aromatic N) is 5. The number of amides is 1. The van der Waals surface area contributed by atoms with Gasteiger partial charge in [0.15, 0.2) is 5.82 Å². The monoisotopic (exact) mass is 428 g/mol. The largest absolute Gasteiger partial charge is 0.379 e. The van der Waals surface area contributed by atoms with Crippen LogP contribution in [0.4, 0.5) is 20.3 Å². The summed E-state index contributed by atoms with van der Waals surface area (Å²) in [6, 6.07) is 3.28. The second kappa shape index (κ2) is 8.76. The molecule has 3 aromatic rings. The molecule has 4 rings (SSSR count). The van der Waals surface area contributed by atoms with Crippen LogP contribution in [0.15, 0.2) is 36.8 Å². The van der Waals surface area contributed by atoms with E-state index in [0.29, 0.717) is 37.7 Å². The lowest BCUT2D eigenvalue weighted by molar-refractivity contribution is -0.124. The van der Waals surface area contributed by atoms with Crippen LogP contribution in [0.1, 0.15) is 13.3 Å². The van der Waals surface area contributed by atoms with Crippen LogP contribution >= 0.6 is 0 Å². The van der Waals surface area contributed by atoms with Crippen molar-refractivity contribution in [2.75, 3.05) is 37.0 Å². The first-order valence-electron chi connectivity index (χ1n) is 9.95. The number of hydrogen-bond donors (Lipinski definition) is 1. The Balaban J connectivity index is 1.75. The molecule has 1 aromatic carbocycles. The summed E-state index contributed by atoms with van der Waals surface area (Å²) in [6.45, 7) is 3.21. The summed E-state index contributed by atoms with van der Waals surface area (Å²) in [5.74, 6) is -0.839. The highest BCUT2D eigenvalue weighted by molar-refractivity contribution is 5.97. The van der Waals surface area contributed by atoms with Gasteiger partial charge in [0.05, 0.1) is 30.9 Å². The zero-order chi connectivity index (χ0) is 22.0. The van der Waals surface area contributed by atoms with E-state index in [4.69, 9.17) is 4.74 Å². The van der Waals surface area contributed by atoms with Crippen molar-refractivity contribution < 1.29 is 18.3 Å². The average Bonchev–Trinajstić information content (AvgIpc) is 3.24. The highest BCUT2D eigenvalue weighted by Crippen LogP contribution is 2.28. The Morgan fingerprint density at radius 1 is 1.29 bits per heavy atom. The fourth-order valence-corrected chi connectivity index (χ4v) is 3.42. The Kier molecular flexibility index (Phi) is 5.90. The van der Waals surface area contributed by atoms with E-state index in [-0.39, 0.29) is 29.2 Å². The number of imidazole rings is 1. The van der Waals surface area contributed by atoms with E-state index in [1.165, 1.54) is 21.7 Å². The van der Waals surface area contributed by atoms with Gasteiger partial charge >= 0.3 is 0 Å².